The molecule has 2 aromatic rings. The number of benzene rings is 1. The Morgan fingerprint density at radius 3 is 2.52 bits per heavy atom. The maximum atomic E-state index is 13.2. The zero-order chi connectivity index (χ0) is 20.8. The van der Waals surface area contributed by atoms with E-state index < -0.39 is 22.3 Å². The van der Waals surface area contributed by atoms with Crippen molar-refractivity contribution in [3.05, 3.63) is 51.0 Å². The molecule has 0 amide bonds. The van der Waals surface area contributed by atoms with E-state index in [2.05, 4.69) is 9.88 Å². The van der Waals surface area contributed by atoms with Crippen molar-refractivity contribution in [2.24, 2.45) is 5.41 Å². The van der Waals surface area contributed by atoms with Gasteiger partial charge in [-0.3, -0.25) is 9.36 Å². The quantitative estimate of drug-likeness (QED) is 0.720. The summed E-state index contributed by atoms with van der Waals surface area (Å²) < 4.78 is 46.2. The lowest BCUT2D eigenvalue weighted by atomic mass is 9.78. The second-order valence-electron chi connectivity index (χ2n) is 7.76. The van der Waals surface area contributed by atoms with Crippen molar-refractivity contribution in [3.8, 4) is 5.69 Å². The molecule has 0 bridgehead atoms. The number of nitrogens with zero attached hydrogens (tertiary/aromatic N) is 3. The number of ether oxygens (including phenoxy) is 1. The molecule has 4 rings (SSSR count). The Bertz CT molecular complexity index is 974. The highest BCUT2D eigenvalue weighted by Gasteiger charge is 2.38. The Kier molecular flexibility index (Phi) is 5.11. The fourth-order valence-corrected chi connectivity index (χ4v) is 4.52. The number of aryl methyl sites for hydroxylation is 1. The first-order valence-corrected chi connectivity index (χ1v) is 9.88. The number of alkyl halides is 3. The molecule has 0 aliphatic carbocycles. The minimum Gasteiger partial charge on any atom is -0.381 e. The molecule has 1 aromatic heterocycles. The Morgan fingerprint density at radius 1 is 1.21 bits per heavy atom. The van der Waals surface area contributed by atoms with Crippen LogP contribution >= 0.6 is 11.6 Å². The van der Waals surface area contributed by atoms with Gasteiger partial charge in [-0.25, -0.2) is 4.98 Å². The maximum absolute atomic E-state index is 13.2. The van der Waals surface area contributed by atoms with E-state index in [9.17, 15) is 18.0 Å². The van der Waals surface area contributed by atoms with E-state index in [0.29, 0.717) is 11.6 Å². The van der Waals surface area contributed by atoms with Crippen LogP contribution < -0.4 is 10.5 Å². The smallest absolute Gasteiger partial charge is 0.381 e. The summed E-state index contributed by atoms with van der Waals surface area (Å²) in [6.07, 6.45) is -1.61. The molecule has 0 radical (unpaired) electrons. The topological polar surface area (TPSA) is 47.4 Å². The van der Waals surface area contributed by atoms with E-state index in [1.54, 1.807) is 6.92 Å². The first-order chi connectivity index (χ1) is 13.7. The van der Waals surface area contributed by atoms with E-state index >= 15 is 0 Å². The summed E-state index contributed by atoms with van der Waals surface area (Å²) in [6.45, 7) is 4.71. The summed E-state index contributed by atoms with van der Waals surface area (Å²) in [4.78, 5) is 19.4. The molecule has 9 heteroatoms. The van der Waals surface area contributed by atoms with Crippen molar-refractivity contribution in [1.29, 1.82) is 0 Å². The molecular weight excluding hydrogens is 407 g/mol. The van der Waals surface area contributed by atoms with Gasteiger partial charge in [0, 0.05) is 25.8 Å². The van der Waals surface area contributed by atoms with Crippen LogP contribution in [0.4, 0.5) is 19.0 Å². The van der Waals surface area contributed by atoms with Gasteiger partial charge in [-0.2, -0.15) is 13.2 Å². The summed E-state index contributed by atoms with van der Waals surface area (Å²) in [6, 6.07) is 4.88. The highest BCUT2D eigenvalue weighted by atomic mass is 35.5. The van der Waals surface area contributed by atoms with E-state index in [4.69, 9.17) is 16.3 Å². The van der Waals surface area contributed by atoms with Crippen LogP contribution in [0.25, 0.3) is 5.69 Å². The molecule has 0 unspecified atom stereocenters. The normalized spacial score (nSPS) is 19.1. The molecule has 3 heterocycles. The molecule has 2 aliphatic rings. The number of hydrogen-bond donors (Lipinski definition) is 0. The van der Waals surface area contributed by atoms with Crippen molar-refractivity contribution >= 4 is 17.4 Å². The van der Waals surface area contributed by atoms with Crippen LogP contribution in [0.1, 0.15) is 30.7 Å². The predicted octanol–water partition coefficient (Wildman–Crippen LogP) is 4.22. The highest BCUT2D eigenvalue weighted by Crippen LogP contribution is 2.40. The Labute approximate surface area is 171 Å². The van der Waals surface area contributed by atoms with Gasteiger partial charge in [-0.15, -0.1) is 0 Å². The van der Waals surface area contributed by atoms with Crippen molar-refractivity contribution in [2.75, 3.05) is 31.2 Å². The summed E-state index contributed by atoms with van der Waals surface area (Å²) in [5.74, 6) is 0.832. The van der Waals surface area contributed by atoms with Gasteiger partial charge in [0.15, 0.2) is 0 Å². The fraction of sp³-hybridized carbons (Fsp3) is 0.500. The molecule has 1 spiro atoms. The molecule has 2 fully saturated rings. The molecular formula is C20H21ClF3N3O2. The van der Waals surface area contributed by atoms with Crippen molar-refractivity contribution in [2.45, 2.75) is 32.4 Å². The van der Waals surface area contributed by atoms with Gasteiger partial charge in [0.2, 0.25) is 0 Å². The van der Waals surface area contributed by atoms with Crippen LogP contribution in [0.2, 0.25) is 5.02 Å². The van der Waals surface area contributed by atoms with Gasteiger partial charge in [-0.05, 0) is 43.7 Å². The molecule has 156 valence electrons. The van der Waals surface area contributed by atoms with E-state index in [1.165, 1.54) is 18.2 Å². The van der Waals surface area contributed by atoms with Crippen molar-refractivity contribution < 1.29 is 17.9 Å². The van der Waals surface area contributed by atoms with Gasteiger partial charge in [-0.1, -0.05) is 17.7 Å². The van der Waals surface area contributed by atoms with Gasteiger partial charge < -0.3 is 9.64 Å². The lowest BCUT2D eigenvalue weighted by molar-refractivity contribution is -0.137. The van der Waals surface area contributed by atoms with Gasteiger partial charge in [0.25, 0.3) is 5.56 Å². The second-order valence-corrected chi connectivity index (χ2v) is 8.14. The first kappa shape index (κ1) is 20.2. The minimum absolute atomic E-state index is 0.0243. The van der Waals surface area contributed by atoms with Crippen LogP contribution in [-0.4, -0.2) is 35.9 Å². The highest BCUT2D eigenvalue weighted by molar-refractivity contribution is 6.33. The van der Waals surface area contributed by atoms with E-state index in [-0.39, 0.29) is 11.1 Å². The lowest BCUT2D eigenvalue weighted by Crippen LogP contribution is -2.41. The molecule has 2 aliphatic heterocycles. The number of hydrogen-bond acceptors (Lipinski definition) is 4. The first-order valence-electron chi connectivity index (χ1n) is 9.50. The Morgan fingerprint density at radius 2 is 1.93 bits per heavy atom. The van der Waals surface area contributed by atoms with Crippen LogP contribution in [0.15, 0.2) is 29.1 Å². The van der Waals surface area contributed by atoms with Crippen molar-refractivity contribution in [1.82, 2.24) is 9.55 Å². The zero-order valence-electron chi connectivity index (χ0n) is 15.9. The molecule has 1 aromatic carbocycles. The summed E-state index contributed by atoms with van der Waals surface area (Å²) >= 11 is 6.00. The third-order valence-corrected chi connectivity index (χ3v) is 6.33. The van der Waals surface area contributed by atoms with Crippen LogP contribution in [0, 0.1) is 12.3 Å². The average molecular weight is 428 g/mol. The van der Waals surface area contributed by atoms with Gasteiger partial charge in [0.05, 0.1) is 22.9 Å². The Hall–Kier alpha value is -2.06. The van der Waals surface area contributed by atoms with E-state index in [1.807, 2.05) is 0 Å². The van der Waals surface area contributed by atoms with Gasteiger partial charge in [0.1, 0.15) is 11.6 Å². The standard InChI is InChI=1S/C20H21ClF3N3O2/c1-13-25-16(26-8-5-19(6-9-26)7-10-29-12-19)11-17(28)27(13)15-4-2-3-14(18(15)21)20(22,23)24/h2-4,11H,5-10,12H2,1H3. The number of rotatable bonds is 2. The monoisotopic (exact) mass is 427 g/mol. The van der Waals surface area contributed by atoms with Crippen molar-refractivity contribution in [3.63, 3.8) is 0 Å². The summed E-state index contributed by atoms with van der Waals surface area (Å²) in [7, 11) is 0. The van der Waals surface area contributed by atoms with Gasteiger partial charge >= 0.3 is 6.18 Å². The predicted molar refractivity (Wildman–Crippen MR) is 104 cm³/mol. The third kappa shape index (κ3) is 3.75. The molecule has 0 saturated carbocycles. The van der Waals surface area contributed by atoms with Crippen LogP contribution in [0.3, 0.4) is 0 Å². The van der Waals surface area contributed by atoms with Crippen LogP contribution in [0.5, 0.6) is 0 Å². The summed E-state index contributed by atoms with van der Waals surface area (Å²) in [5, 5.41) is -0.513. The lowest BCUT2D eigenvalue weighted by Gasteiger charge is -2.38. The average Bonchev–Trinajstić information content (AvgIpc) is 3.10. The molecule has 0 N–H and O–H groups in total. The summed E-state index contributed by atoms with van der Waals surface area (Å²) in [5.41, 5.74) is -1.24. The largest absolute Gasteiger partial charge is 0.417 e. The Balaban J connectivity index is 1.65. The molecule has 5 nitrogen and oxygen atoms in total. The second kappa shape index (κ2) is 7.32. The third-order valence-electron chi connectivity index (χ3n) is 5.93. The molecule has 29 heavy (non-hydrogen) atoms. The maximum Gasteiger partial charge on any atom is 0.417 e. The minimum atomic E-state index is -4.61. The SMILES string of the molecule is Cc1nc(N2CCC3(CCOC3)CC2)cc(=O)n1-c1cccc(C(F)(F)F)c1Cl. The number of anilines is 1. The molecule has 2 saturated heterocycles. The van der Waals surface area contributed by atoms with Crippen LogP contribution in [-0.2, 0) is 10.9 Å². The molecule has 0 atom stereocenters. The number of halogens is 4. The number of piperidine rings is 1. The number of aromatic nitrogens is 2. The zero-order valence-corrected chi connectivity index (χ0v) is 16.7. The fourth-order valence-electron chi connectivity index (χ4n) is 4.20. The van der Waals surface area contributed by atoms with E-state index in [0.717, 1.165) is 56.2 Å².